The lowest BCUT2D eigenvalue weighted by molar-refractivity contribution is -0.125. The maximum absolute atomic E-state index is 10.4. The van der Waals surface area contributed by atoms with E-state index in [1.54, 1.807) is 6.26 Å². The fraction of sp³-hybridized carbons (Fsp3) is 0.500. The third kappa shape index (κ3) is 2.78. The monoisotopic (exact) mass is 164 g/mol. The first-order chi connectivity index (χ1) is 4.09. The van der Waals surface area contributed by atoms with Crippen LogP contribution in [0, 0.1) is 0 Å². The minimum Gasteiger partial charge on any atom is -0.273 e. The van der Waals surface area contributed by atoms with E-state index in [2.05, 4.69) is 0 Å². The fourth-order valence-electron chi connectivity index (χ4n) is 0.227. The molecule has 0 bridgehead atoms. The Balaban J connectivity index is 3.88. The number of thioether (sulfide) groups is 1. The molecule has 0 rings (SSSR count). The van der Waals surface area contributed by atoms with E-state index in [0.29, 0.717) is 4.32 Å². The van der Waals surface area contributed by atoms with Crippen LogP contribution in [0.2, 0.25) is 0 Å². The van der Waals surface area contributed by atoms with Gasteiger partial charge in [-0.15, -0.1) is 0 Å². The molecule has 0 aromatic rings. The Kier molecular flexibility index (Phi) is 3.76. The molecule has 0 saturated carbocycles. The maximum atomic E-state index is 10.4. The van der Waals surface area contributed by atoms with Crippen LogP contribution in [-0.2, 0) is 4.79 Å². The lowest BCUT2D eigenvalue weighted by Gasteiger charge is -2.11. The molecule has 0 fully saturated rings. The highest BCUT2D eigenvalue weighted by Gasteiger charge is 2.06. The standard InChI is InChI=1S/C4H8N2OS2/c1-3(7)6(5)4(8)9-2/h5H2,1-2H3. The number of nitrogens with zero attached hydrogens (tertiary/aromatic N) is 1. The third-order valence-corrected chi connectivity index (χ3v) is 1.95. The molecule has 0 aliphatic carbocycles. The normalized spacial score (nSPS) is 8.78. The highest BCUT2D eigenvalue weighted by molar-refractivity contribution is 8.22. The Hall–Kier alpha value is -0.130. The van der Waals surface area contributed by atoms with E-state index in [4.69, 9.17) is 18.1 Å². The summed E-state index contributed by atoms with van der Waals surface area (Å²) in [5, 5.41) is 0.944. The van der Waals surface area contributed by atoms with Crippen molar-refractivity contribution in [3.8, 4) is 0 Å². The van der Waals surface area contributed by atoms with Crippen molar-refractivity contribution in [2.24, 2.45) is 5.84 Å². The molecule has 0 saturated heterocycles. The number of nitrogens with two attached hydrogens (primary N) is 1. The molecule has 0 aliphatic rings. The summed E-state index contributed by atoms with van der Waals surface area (Å²) in [6, 6.07) is 0. The molecule has 0 heterocycles. The van der Waals surface area contributed by atoms with E-state index >= 15 is 0 Å². The van der Waals surface area contributed by atoms with E-state index in [1.165, 1.54) is 18.7 Å². The molecule has 3 nitrogen and oxygen atoms in total. The number of hydrogen-bond donors (Lipinski definition) is 1. The molecule has 1 amide bonds. The Morgan fingerprint density at radius 3 is 2.33 bits per heavy atom. The Bertz CT molecular complexity index is 137. The van der Waals surface area contributed by atoms with Crippen molar-refractivity contribution in [3.05, 3.63) is 0 Å². The minimum atomic E-state index is -0.241. The summed E-state index contributed by atoms with van der Waals surface area (Å²) in [7, 11) is 0. The highest BCUT2D eigenvalue weighted by Crippen LogP contribution is 1.99. The zero-order valence-corrected chi connectivity index (χ0v) is 6.88. The highest BCUT2D eigenvalue weighted by atomic mass is 32.2. The van der Waals surface area contributed by atoms with Gasteiger partial charge in [0.25, 0.3) is 0 Å². The maximum Gasteiger partial charge on any atom is 0.239 e. The van der Waals surface area contributed by atoms with E-state index in [9.17, 15) is 4.79 Å². The van der Waals surface area contributed by atoms with Crippen molar-refractivity contribution in [2.45, 2.75) is 6.92 Å². The molecule has 0 atom stereocenters. The van der Waals surface area contributed by atoms with Crippen LogP contribution in [0.3, 0.4) is 0 Å². The summed E-state index contributed by atoms with van der Waals surface area (Å²) in [5.74, 6) is 4.95. The van der Waals surface area contributed by atoms with Gasteiger partial charge in [0, 0.05) is 6.92 Å². The van der Waals surface area contributed by atoms with Gasteiger partial charge in [-0.3, -0.25) is 4.79 Å². The summed E-state index contributed by atoms with van der Waals surface area (Å²) in [6.45, 7) is 1.36. The molecule has 9 heavy (non-hydrogen) atoms. The van der Waals surface area contributed by atoms with Crippen molar-refractivity contribution in [1.29, 1.82) is 0 Å². The van der Waals surface area contributed by atoms with E-state index in [-0.39, 0.29) is 5.91 Å². The predicted molar refractivity (Wildman–Crippen MR) is 42.8 cm³/mol. The second-order valence-corrected chi connectivity index (χ2v) is 2.80. The van der Waals surface area contributed by atoms with E-state index < -0.39 is 0 Å². The van der Waals surface area contributed by atoms with Crippen LogP contribution in [-0.4, -0.2) is 21.5 Å². The van der Waals surface area contributed by atoms with Gasteiger partial charge in [0.15, 0.2) is 4.32 Å². The number of carbonyl (C=O) groups excluding carboxylic acids is 1. The fourth-order valence-corrected chi connectivity index (χ4v) is 0.681. The van der Waals surface area contributed by atoms with Crippen LogP contribution in [0.15, 0.2) is 0 Å². The number of carbonyl (C=O) groups is 1. The van der Waals surface area contributed by atoms with E-state index in [1.807, 2.05) is 0 Å². The van der Waals surface area contributed by atoms with Crippen molar-refractivity contribution in [3.63, 3.8) is 0 Å². The molecular weight excluding hydrogens is 156 g/mol. The van der Waals surface area contributed by atoms with Gasteiger partial charge in [-0.05, 0) is 6.26 Å². The Morgan fingerprint density at radius 2 is 2.22 bits per heavy atom. The van der Waals surface area contributed by atoms with Crippen molar-refractivity contribution < 1.29 is 4.79 Å². The van der Waals surface area contributed by atoms with Crippen molar-refractivity contribution in [1.82, 2.24) is 5.01 Å². The summed E-state index contributed by atoms with van der Waals surface area (Å²) < 4.78 is 0.391. The molecule has 0 spiro atoms. The zero-order valence-electron chi connectivity index (χ0n) is 5.25. The zero-order chi connectivity index (χ0) is 7.44. The average molecular weight is 164 g/mol. The molecule has 0 aromatic heterocycles. The molecular formula is C4H8N2OS2. The predicted octanol–water partition coefficient (Wildman–Crippen LogP) is 0.357. The molecule has 0 aromatic carbocycles. The largest absolute Gasteiger partial charge is 0.273 e. The van der Waals surface area contributed by atoms with Crippen LogP contribution in [0.4, 0.5) is 0 Å². The van der Waals surface area contributed by atoms with Crippen LogP contribution in [0.1, 0.15) is 6.92 Å². The summed E-state index contributed by atoms with van der Waals surface area (Å²) in [4.78, 5) is 10.4. The SMILES string of the molecule is CSC(=S)N(N)C(C)=O. The van der Waals surface area contributed by atoms with Gasteiger partial charge in [0.1, 0.15) is 0 Å². The van der Waals surface area contributed by atoms with E-state index in [0.717, 1.165) is 5.01 Å². The molecule has 5 heteroatoms. The molecule has 0 unspecified atom stereocenters. The lowest BCUT2D eigenvalue weighted by atomic mass is 10.7. The summed E-state index contributed by atoms with van der Waals surface area (Å²) in [5.41, 5.74) is 0. The Morgan fingerprint density at radius 1 is 1.78 bits per heavy atom. The van der Waals surface area contributed by atoms with Crippen molar-refractivity contribution in [2.75, 3.05) is 6.26 Å². The third-order valence-electron chi connectivity index (χ3n) is 0.711. The lowest BCUT2D eigenvalue weighted by Crippen LogP contribution is -2.38. The molecule has 0 radical (unpaired) electrons. The van der Waals surface area contributed by atoms with Gasteiger partial charge in [-0.25, -0.2) is 10.9 Å². The number of hydrazine groups is 1. The summed E-state index contributed by atoms with van der Waals surface area (Å²) >= 11 is 5.97. The first-order valence-electron chi connectivity index (χ1n) is 2.23. The number of hydrogen-bond acceptors (Lipinski definition) is 4. The quantitative estimate of drug-likeness (QED) is 0.243. The summed E-state index contributed by atoms with van der Waals surface area (Å²) in [6.07, 6.45) is 1.77. The van der Waals surface area contributed by atoms with Gasteiger partial charge >= 0.3 is 0 Å². The van der Waals surface area contributed by atoms with Crippen LogP contribution in [0.25, 0.3) is 0 Å². The van der Waals surface area contributed by atoms with Gasteiger partial charge in [0.2, 0.25) is 5.91 Å². The second kappa shape index (κ2) is 3.81. The number of amides is 1. The molecule has 52 valence electrons. The van der Waals surface area contributed by atoms with Crippen molar-refractivity contribution >= 4 is 34.2 Å². The Labute approximate surface area is 63.5 Å². The van der Waals surface area contributed by atoms with Gasteiger partial charge in [-0.1, -0.05) is 24.0 Å². The van der Waals surface area contributed by atoms with Crippen LogP contribution < -0.4 is 5.84 Å². The van der Waals surface area contributed by atoms with Gasteiger partial charge in [0.05, 0.1) is 0 Å². The van der Waals surface area contributed by atoms with Crippen LogP contribution >= 0.6 is 24.0 Å². The van der Waals surface area contributed by atoms with Gasteiger partial charge in [-0.2, -0.15) is 0 Å². The minimum absolute atomic E-state index is 0.241. The molecule has 2 N–H and O–H groups in total. The number of thiocarbonyl (C=S) groups is 1. The second-order valence-electron chi connectivity index (χ2n) is 1.36. The molecule has 0 aliphatic heterocycles. The first-order valence-corrected chi connectivity index (χ1v) is 3.86. The van der Waals surface area contributed by atoms with Gasteiger partial charge < -0.3 is 0 Å². The number of rotatable bonds is 0. The van der Waals surface area contributed by atoms with Crippen LogP contribution in [0.5, 0.6) is 0 Å². The smallest absolute Gasteiger partial charge is 0.239 e. The first kappa shape index (κ1) is 8.87. The average Bonchev–Trinajstić information content (AvgIpc) is 1.84. The topological polar surface area (TPSA) is 46.3 Å².